The van der Waals surface area contributed by atoms with Crippen molar-refractivity contribution in [1.29, 1.82) is 0 Å². The van der Waals surface area contributed by atoms with E-state index in [1.807, 2.05) is 32.8 Å². The Morgan fingerprint density at radius 2 is 2.17 bits per heavy atom. The topological polar surface area (TPSA) is 87.2 Å². The van der Waals surface area contributed by atoms with E-state index in [-0.39, 0.29) is 12.0 Å². The lowest BCUT2D eigenvalue weighted by molar-refractivity contribution is 0.0769. The van der Waals surface area contributed by atoms with Crippen LogP contribution < -0.4 is 9.64 Å². The van der Waals surface area contributed by atoms with Gasteiger partial charge in [0.2, 0.25) is 5.88 Å². The largest absolute Gasteiger partial charge is 0.471 e. The quantitative estimate of drug-likeness (QED) is 0.906. The van der Waals surface area contributed by atoms with Crippen molar-refractivity contribution >= 4 is 11.7 Å². The minimum absolute atomic E-state index is 0.00187. The summed E-state index contributed by atoms with van der Waals surface area (Å²) in [4.78, 5) is 24.9. The van der Waals surface area contributed by atoms with Gasteiger partial charge in [-0.15, -0.1) is 0 Å². The van der Waals surface area contributed by atoms with E-state index in [0.717, 1.165) is 23.6 Å². The Labute approximate surface area is 140 Å². The van der Waals surface area contributed by atoms with Gasteiger partial charge in [0.25, 0.3) is 5.91 Å². The summed E-state index contributed by atoms with van der Waals surface area (Å²) in [6.45, 7) is 4.90. The van der Waals surface area contributed by atoms with Crippen molar-refractivity contribution in [3.63, 3.8) is 0 Å². The van der Waals surface area contributed by atoms with Gasteiger partial charge in [-0.05, 0) is 13.8 Å². The molecule has 1 saturated heterocycles. The molecule has 0 radical (unpaired) electrons. The fourth-order valence-corrected chi connectivity index (χ4v) is 2.81. The van der Waals surface area contributed by atoms with Crippen molar-refractivity contribution in [2.24, 2.45) is 0 Å². The van der Waals surface area contributed by atoms with Gasteiger partial charge >= 0.3 is 0 Å². The molecule has 1 fully saturated rings. The van der Waals surface area contributed by atoms with E-state index in [0.29, 0.717) is 24.5 Å². The second-order valence-corrected chi connectivity index (χ2v) is 6.20. The number of amides is 1. The SMILES string of the molecule is Cc1n[nH]c(C)c1C(=O)N1CCC(Oc2cncc(N(C)C)n2)C1. The predicted molar refractivity (Wildman–Crippen MR) is 89.4 cm³/mol. The molecule has 2 aromatic heterocycles. The fraction of sp³-hybridized carbons (Fsp3) is 0.500. The first-order valence-electron chi connectivity index (χ1n) is 7.92. The molecule has 0 bridgehead atoms. The Hall–Kier alpha value is -2.64. The lowest BCUT2D eigenvalue weighted by Gasteiger charge is -2.18. The summed E-state index contributed by atoms with van der Waals surface area (Å²) in [6, 6.07) is 0. The van der Waals surface area contributed by atoms with Crippen LogP contribution in [0.4, 0.5) is 5.82 Å². The maximum absolute atomic E-state index is 12.7. The summed E-state index contributed by atoms with van der Waals surface area (Å²) in [5, 5.41) is 6.95. The summed E-state index contributed by atoms with van der Waals surface area (Å²) in [7, 11) is 3.80. The van der Waals surface area contributed by atoms with Crippen molar-refractivity contribution < 1.29 is 9.53 Å². The zero-order valence-corrected chi connectivity index (χ0v) is 14.4. The van der Waals surface area contributed by atoms with Gasteiger partial charge in [-0.2, -0.15) is 10.1 Å². The number of nitrogens with zero attached hydrogens (tertiary/aromatic N) is 5. The van der Waals surface area contributed by atoms with Crippen LogP contribution in [0.25, 0.3) is 0 Å². The highest BCUT2D eigenvalue weighted by Gasteiger charge is 2.30. The van der Waals surface area contributed by atoms with Crippen molar-refractivity contribution in [3.8, 4) is 5.88 Å². The van der Waals surface area contributed by atoms with Crippen LogP contribution in [0.15, 0.2) is 12.4 Å². The number of aromatic nitrogens is 4. The molecule has 128 valence electrons. The van der Waals surface area contributed by atoms with E-state index < -0.39 is 0 Å². The smallest absolute Gasteiger partial charge is 0.257 e. The number of rotatable bonds is 4. The molecule has 0 saturated carbocycles. The van der Waals surface area contributed by atoms with E-state index >= 15 is 0 Å². The van der Waals surface area contributed by atoms with Crippen LogP contribution in [-0.4, -0.2) is 64.3 Å². The van der Waals surface area contributed by atoms with Crippen LogP contribution in [0.1, 0.15) is 28.2 Å². The summed E-state index contributed by atoms with van der Waals surface area (Å²) >= 11 is 0. The third-order valence-electron chi connectivity index (χ3n) is 4.12. The van der Waals surface area contributed by atoms with Crippen LogP contribution in [0.2, 0.25) is 0 Å². The number of aromatic amines is 1. The number of likely N-dealkylation sites (tertiary alicyclic amines) is 1. The Morgan fingerprint density at radius 3 is 2.83 bits per heavy atom. The highest BCUT2D eigenvalue weighted by molar-refractivity contribution is 5.96. The average Bonchev–Trinajstić information content (AvgIpc) is 3.14. The summed E-state index contributed by atoms with van der Waals surface area (Å²) < 4.78 is 5.91. The summed E-state index contributed by atoms with van der Waals surface area (Å²) in [5.74, 6) is 1.22. The highest BCUT2D eigenvalue weighted by atomic mass is 16.5. The number of ether oxygens (including phenoxy) is 1. The zero-order valence-electron chi connectivity index (χ0n) is 14.4. The van der Waals surface area contributed by atoms with E-state index in [1.54, 1.807) is 17.3 Å². The van der Waals surface area contributed by atoms with E-state index in [9.17, 15) is 4.79 Å². The number of nitrogens with one attached hydrogen (secondary N) is 1. The molecule has 2 aromatic rings. The summed E-state index contributed by atoms with van der Waals surface area (Å²) in [5.41, 5.74) is 2.18. The zero-order chi connectivity index (χ0) is 17.3. The minimum Gasteiger partial charge on any atom is -0.471 e. The van der Waals surface area contributed by atoms with Crippen LogP contribution in [0, 0.1) is 13.8 Å². The van der Waals surface area contributed by atoms with Gasteiger partial charge in [0, 0.05) is 32.8 Å². The fourth-order valence-electron chi connectivity index (χ4n) is 2.81. The number of carbonyl (C=O) groups is 1. The van der Waals surface area contributed by atoms with E-state index in [2.05, 4.69) is 20.2 Å². The number of aryl methyl sites for hydroxylation is 2. The van der Waals surface area contributed by atoms with Gasteiger partial charge in [-0.1, -0.05) is 0 Å². The third kappa shape index (κ3) is 3.17. The molecule has 1 N–H and O–H groups in total. The molecular weight excluding hydrogens is 308 g/mol. The second kappa shape index (κ2) is 6.46. The second-order valence-electron chi connectivity index (χ2n) is 6.20. The van der Waals surface area contributed by atoms with Gasteiger partial charge in [0.05, 0.1) is 30.2 Å². The van der Waals surface area contributed by atoms with Gasteiger partial charge in [-0.3, -0.25) is 14.9 Å². The standard InChI is InChI=1S/C16H22N6O2/c1-10-15(11(2)20-19-10)16(23)22-6-5-12(9-22)24-14-8-17-7-13(18-14)21(3)4/h7-8,12H,5-6,9H2,1-4H3,(H,19,20). The number of H-pyrrole nitrogens is 1. The number of hydrogen-bond acceptors (Lipinski definition) is 6. The maximum Gasteiger partial charge on any atom is 0.257 e. The van der Waals surface area contributed by atoms with Crippen molar-refractivity contribution in [1.82, 2.24) is 25.1 Å². The monoisotopic (exact) mass is 330 g/mol. The molecule has 0 aliphatic carbocycles. The van der Waals surface area contributed by atoms with Crippen molar-refractivity contribution in [2.75, 3.05) is 32.1 Å². The molecule has 1 atom stereocenters. The van der Waals surface area contributed by atoms with Gasteiger partial charge < -0.3 is 14.5 Å². The van der Waals surface area contributed by atoms with Crippen LogP contribution in [0.5, 0.6) is 5.88 Å². The molecule has 0 spiro atoms. The number of carbonyl (C=O) groups excluding carboxylic acids is 1. The van der Waals surface area contributed by atoms with Crippen molar-refractivity contribution in [3.05, 3.63) is 29.3 Å². The Bertz CT molecular complexity index is 722. The van der Waals surface area contributed by atoms with E-state index in [1.165, 1.54) is 0 Å². The molecule has 3 heterocycles. The Kier molecular flexibility index (Phi) is 4.37. The highest BCUT2D eigenvalue weighted by Crippen LogP contribution is 2.21. The van der Waals surface area contributed by atoms with Crippen LogP contribution >= 0.6 is 0 Å². The average molecular weight is 330 g/mol. The molecule has 24 heavy (non-hydrogen) atoms. The molecule has 3 rings (SSSR count). The lowest BCUT2D eigenvalue weighted by atomic mass is 10.2. The third-order valence-corrected chi connectivity index (χ3v) is 4.12. The molecule has 8 nitrogen and oxygen atoms in total. The number of anilines is 1. The summed E-state index contributed by atoms with van der Waals surface area (Å²) in [6.07, 6.45) is 3.98. The molecular formula is C16H22N6O2. The molecule has 1 aliphatic rings. The van der Waals surface area contributed by atoms with Gasteiger partial charge in [0.15, 0.2) is 5.82 Å². The lowest BCUT2D eigenvalue weighted by Crippen LogP contribution is -2.31. The van der Waals surface area contributed by atoms with Crippen LogP contribution in [-0.2, 0) is 0 Å². The van der Waals surface area contributed by atoms with Crippen LogP contribution in [0.3, 0.4) is 0 Å². The van der Waals surface area contributed by atoms with Gasteiger partial charge in [0.1, 0.15) is 6.10 Å². The van der Waals surface area contributed by atoms with Gasteiger partial charge in [-0.25, -0.2) is 0 Å². The molecule has 1 unspecified atom stereocenters. The Balaban J connectivity index is 1.65. The normalized spacial score (nSPS) is 17.2. The molecule has 0 aromatic carbocycles. The molecule has 8 heteroatoms. The van der Waals surface area contributed by atoms with Crippen molar-refractivity contribution in [2.45, 2.75) is 26.4 Å². The first-order chi connectivity index (χ1) is 11.5. The predicted octanol–water partition coefficient (Wildman–Crippen LogP) is 1.18. The molecule has 1 aliphatic heterocycles. The molecule has 1 amide bonds. The first-order valence-corrected chi connectivity index (χ1v) is 7.92. The maximum atomic E-state index is 12.7. The number of hydrogen-bond donors (Lipinski definition) is 1. The minimum atomic E-state index is -0.0758. The first kappa shape index (κ1) is 16.2. The van der Waals surface area contributed by atoms with E-state index in [4.69, 9.17) is 4.74 Å². The Morgan fingerprint density at radius 1 is 1.38 bits per heavy atom.